The lowest BCUT2D eigenvalue weighted by Crippen LogP contribution is -2.18. The maximum absolute atomic E-state index is 13.7. The zero-order valence-electron chi connectivity index (χ0n) is 24.0. The first-order chi connectivity index (χ1) is 21.6. The van der Waals surface area contributed by atoms with Crippen molar-refractivity contribution in [1.29, 1.82) is 0 Å². The summed E-state index contributed by atoms with van der Waals surface area (Å²) in [5, 5.41) is 5.14. The fourth-order valence-corrected chi connectivity index (χ4v) is 6.60. The van der Waals surface area contributed by atoms with Crippen molar-refractivity contribution in [3.63, 3.8) is 0 Å². The lowest BCUT2D eigenvalue weighted by molar-refractivity contribution is -0.140. The predicted octanol–water partition coefficient (Wildman–Crippen LogP) is 8.75. The molecule has 0 aliphatic heterocycles. The molecule has 1 heterocycles. The molecular weight excluding hydrogens is 641 g/mol. The highest BCUT2D eigenvalue weighted by Gasteiger charge is 2.35. The Morgan fingerprint density at radius 3 is 2.39 bits per heavy atom. The van der Waals surface area contributed by atoms with Crippen LogP contribution in [0.15, 0.2) is 54.6 Å². The molecule has 6 nitrogen and oxygen atoms in total. The number of benzene rings is 3. The Morgan fingerprint density at radius 2 is 1.72 bits per heavy atom. The number of methoxy groups -OCH3 is 1. The van der Waals surface area contributed by atoms with Crippen LogP contribution in [-0.2, 0) is 28.4 Å². The molecule has 242 valence electrons. The molecule has 1 saturated carbocycles. The lowest BCUT2D eigenvalue weighted by Gasteiger charge is -2.22. The highest BCUT2D eigenvalue weighted by molar-refractivity contribution is 7.20. The van der Waals surface area contributed by atoms with E-state index in [1.807, 2.05) is 0 Å². The van der Waals surface area contributed by atoms with Crippen LogP contribution in [0.3, 0.4) is 0 Å². The van der Waals surface area contributed by atoms with Crippen molar-refractivity contribution >= 4 is 50.4 Å². The van der Waals surface area contributed by atoms with Gasteiger partial charge in [-0.1, -0.05) is 12.1 Å². The van der Waals surface area contributed by atoms with Crippen molar-refractivity contribution in [3.8, 4) is 5.75 Å². The topological polar surface area (TPSA) is 84.5 Å². The summed E-state index contributed by atoms with van der Waals surface area (Å²) in [6.07, 6.45) is -7.98. The van der Waals surface area contributed by atoms with Crippen LogP contribution in [0.4, 0.5) is 42.1 Å². The van der Waals surface area contributed by atoms with Crippen LogP contribution in [0.1, 0.15) is 63.5 Å². The van der Waals surface area contributed by atoms with Crippen molar-refractivity contribution in [3.05, 3.63) is 87.5 Å². The molecular formula is C32H25F7N2O4S. The number of hydrogen-bond acceptors (Lipinski definition) is 5. The zero-order valence-corrected chi connectivity index (χ0v) is 24.8. The summed E-state index contributed by atoms with van der Waals surface area (Å²) in [6.45, 7) is 0. The minimum atomic E-state index is -5.02. The van der Waals surface area contributed by atoms with Gasteiger partial charge in [0.05, 0.1) is 35.9 Å². The van der Waals surface area contributed by atoms with Crippen molar-refractivity contribution in [2.45, 2.75) is 50.4 Å². The van der Waals surface area contributed by atoms with E-state index in [2.05, 4.69) is 10.6 Å². The van der Waals surface area contributed by atoms with Crippen molar-refractivity contribution in [2.24, 2.45) is 0 Å². The molecule has 2 amide bonds. The van der Waals surface area contributed by atoms with E-state index in [0.29, 0.717) is 31.4 Å². The number of ether oxygens (including phenoxy) is 1. The summed E-state index contributed by atoms with van der Waals surface area (Å²) in [4.78, 5) is 38.8. The lowest BCUT2D eigenvalue weighted by atomic mass is 9.83. The normalized spacial score (nSPS) is 15.6. The number of alkyl halides is 6. The number of Topliss-reactive ketones (excluding diaryl/α,β-unsaturated/α-hetero) is 1. The molecule has 1 atom stereocenters. The van der Waals surface area contributed by atoms with E-state index >= 15 is 0 Å². The summed E-state index contributed by atoms with van der Waals surface area (Å²) in [5.41, 5.74) is -2.05. The number of rotatable bonds is 7. The van der Waals surface area contributed by atoms with Gasteiger partial charge in [0.15, 0.2) is 0 Å². The summed E-state index contributed by atoms with van der Waals surface area (Å²) >= 11 is 0.792. The Hall–Kier alpha value is -4.46. The average molecular weight is 667 g/mol. The highest BCUT2D eigenvalue weighted by atomic mass is 32.1. The van der Waals surface area contributed by atoms with E-state index in [4.69, 9.17) is 4.74 Å². The average Bonchev–Trinajstić information content (AvgIpc) is 3.32. The largest absolute Gasteiger partial charge is 0.496 e. The molecule has 1 aliphatic carbocycles. The molecule has 0 radical (unpaired) electrons. The third kappa shape index (κ3) is 7.16. The second-order valence-electron chi connectivity index (χ2n) is 10.8. The number of anilines is 2. The molecule has 46 heavy (non-hydrogen) atoms. The maximum atomic E-state index is 13.7. The van der Waals surface area contributed by atoms with Gasteiger partial charge in [-0.2, -0.15) is 26.3 Å². The second-order valence-corrected chi connectivity index (χ2v) is 11.9. The standard InChI is InChI=1S/C32H25F7N2O4S/c1-45-25-10-5-17(16-3-2-4-20(42)11-16)12-22(25)30(44)41-29-21-8-6-18(31(34,35)36)13-26(21)46-27(29)15-28(43)40-19-7-9-24(33)23(14-19)32(37,38)39/h5-10,12-14,16H,2-4,11,15H2,1H3,(H,40,43)(H,41,44). The number of carbonyl (C=O) groups is 3. The Kier molecular flexibility index (Phi) is 9.12. The van der Waals surface area contributed by atoms with Gasteiger partial charge in [0, 0.05) is 33.5 Å². The van der Waals surface area contributed by atoms with Crippen molar-refractivity contribution in [2.75, 3.05) is 17.7 Å². The van der Waals surface area contributed by atoms with E-state index in [0.717, 1.165) is 47.6 Å². The van der Waals surface area contributed by atoms with Crippen LogP contribution in [0.25, 0.3) is 10.1 Å². The monoisotopic (exact) mass is 666 g/mol. The molecule has 5 rings (SSSR count). The number of ketones is 1. The van der Waals surface area contributed by atoms with Gasteiger partial charge in [-0.25, -0.2) is 4.39 Å². The number of halogens is 7. The van der Waals surface area contributed by atoms with Crippen LogP contribution in [0, 0.1) is 5.82 Å². The van der Waals surface area contributed by atoms with Crippen LogP contribution < -0.4 is 15.4 Å². The molecule has 1 unspecified atom stereocenters. The van der Waals surface area contributed by atoms with Gasteiger partial charge in [-0.3, -0.25) is 14.4 Å². The first-order valence-electron chi connectivity index (χ1n) is 13.9. The molecule has 4 aromatic rings. The van der Waals surface area contributed by atoms with Crippen LogP contribution in [0.5, 0.6) is 5.75 Å². The van der Waals surface area contributed by atoms with Crippen LogP contribution in [-0.4, -0.2) is 24.7 Å². The third-order valence-electron chi connectivity index (χ3n) is 7.63. The number of amides is 2. The molecule has 1 aliphatic rings. The number of thiophene rings is 1. The summed E-state index contributed by atoms with van der Waals surface area (Å²) in [5.74, 6) is -2.90. The van der Waals surface area contributed by atoms with Gasteiger partial charge in [-0.15, -0.1) is 11.3 Å². The first kappa shape index (κ1) is 32.9. The molecule has 2 N–H and O–H groups in total. The predicted molar refractivity (Wildman–Crippen MR) is 158 cm³/mol. The van der Waals surface area contributed by atoms with Gasteiger partial charge in [0.25, 0.3) is 5.91 Å². The van der Waals surface area contributed by atoms with Crippen LogP contribution in [0.2, 0.25) is 0 Å². The molecule has 1 aromatic heterocycles. The molecule has 3 aromatic carbocycles. The Bertz CT molecular complexity index is 1830. The number of nitrogens with one attached hydrogen (secondary N) is 2. The van der Waals surface area contributed by atoms with Crippen LogP contribution >= 0.6 is 11.3 Å². The number of hydrogen-bond donors (Lipinski definition) is 2. The van der Waals surface area contributed by atoms with Gasteiger partial charge >= 0.3 is 12.4 Å². The first-order valence-corrected chi connectivity index (χ1v) is 14.8. The van der Waals surface area contributed by atoms with Gasteiger partial charge < -0.3 is 15.4 Å². The quantitative estimate of drug-likeness (QED) is 0.193. The fraction of sp³-hybridized carbons (Fsp3) is 0.281. The molecule has 0 saturated heterocycles. The van der Waals surface area contributed by atoms with E-state index in [9.17, 15) is 45.1 Å². The van der Waals surface area contributed by atoms with E-state index in [1.165, 1.54) is 7.11 Å². The molecule has 14 heteroatoms. The van der Waals surface area contributed by atoms with E-state index in [1.54, 1.807) is 18.2 Å². The molecule has 0 spiro atoms. The van der Waals surface area contributed by atoms with Crippen molar-refractivity contribution in [1.82, 2.24) is 0 Å². The van der Waals surface area contributed by atoms with E-state index < -0.39 is 47.5 Å². The second kappa shape index (κ2) is 12.7. The molecule has 1 fully saturated rings. The fourth-order valence-electron chi connectivity index (χ4n) is 5.40. The summed E-state index contributed by atoms with van der Waals surface area (Å²) in [7, 11) is 1.35. The zero-order chi connectivity index (χ0) is 33.4. The Balaban J connectivity index is 1.49. The summed E-state index contributed by atoms with van der Waals surface area (Å²) < 4.78 is 99.1. The van der Waals surface area contributed by atoms with Crippen molar-refractivity contribution < 1.29 is 49.9 Å². The summed E-state index contributed by atoms with van der Waals surface area (Å²) in [6, 6.07) is 9.69. The van der Waals surface area contributed by atoms with Gasteiger partial charge in [-0.05, 0) is 66.8 Å². The SMILES string of the molecule is COc1ccc(C2CCCC(=O)C2)cc1C(=O)Nc1c(CC(=O)Nc2ccc(F)c(C(F)(F)F)c2)sc2cc(C(F)(F)F)ccc12. The van der Waals surface area contributed by atoms with E-state index in [-0.39, 0.29) is 49.4 Å². The number of fused-ring (bicyclic) bond motifs is 1. The minimum Gasteiger partial charge on any atom is -0.496 e. The minimum absolute atomic E-state index is 0.0317. The smallest absolute Gasteiger partial charge is 0.419 e. The van der Waals surface area contributed by atoms with Gasteiger partial charge in [0.2, 0.25) is 5.91 Å². The highest BCUT2D eigenvalue weighted by Crippen LogP contribution is 2.41. The third-order valence-corrected chi connectivity index (χ3v) is 8.78. The molecule has 0 bridgehead atoms. The number of carbonyl (C=O) groups excluding carboxylic acids is 3. The Labute approximate surface area is 261 Å². The van der Waals surface area contributed by atoms with Gasteiger partial charge in [0.1, 0.15) is 17.3 Å². The maximum Gasteiger partial charge on any atom is 0.419 e. The Morgan fingerprint density at radius 1 is 0.957 bits per heavy atom.